The summed E-state index contributed by atoms with van der Waals surface area (Å²) in [6.45, 7) is 0. The summed E-state index contributed by atoms with van der Waals surface area (Å²) in [4.78, 5) is 25.9. The number of amides is 1. The second kappa shape index (κ2) is 6.44. The summed E-state index contributed by atoms with van der Waals surface area (Å²) in [5, 5.41) is 14.7. The van der Waals surface area contributed by atoms with E-state index in [4.69, 9.17) is 0 Å². The molecule has 0 unspecified atom stereocenters. The van der Waals surface area contributed by atoms with Gasteiger partial charge in [-0.3, -0.25) is 9.59 Å². The van der Waals surface area contributed by atoms with Crippen molar-refractivity contribution in [3.8, 4) is 6.07 Å². The van der Waals surface area contributed by atoms with Crippen molar-refractivity contribution < 1.29 is 9.59 Å². The lowest BCUT2D eigenvalue weighted by atomic mass is 9.53. The van der Waals surface area contributed by atoms with E-state index in [1.807, 2.05) is 36.4 Å². The molecule has 0 saturated heterocycles. The number of Topliss-reactive ketones (excluding diaryl/α,β-unsaturated/α-hetero) is 1. The molecule has 142 valence electrons. The lowest BCUT2D eigenvalue weighted by Gasteiger charge is -2.56. The van der Waals surface area contributed by atoms with Crippen LogP contribution in [0.25, 0.3) is 10.8 Å². The minimum atomic E-state index is -1.07. The van der Waals surface area contributed by atoms with Gasteiger partial charge >= 0.3 is 0 Å². The third-order valence-corrected chi connectivity index (χ3v) is 7.17. The third-order valence-electron chi connectivity index (χ3n) is 7.17. The molecular formula is C24H24N2O2. The van der Waals surface area contributed by atoms with Gasteiger partial charge in [0, 0.05) is 5.54 Å². The first-order valence-corrected chi connectivity index (χ1v) is 10.3. The molecule has 0 radical (unpaired) electrons. The number of carbonyl (C=O) groups excluding carboxylic acids is 2. The first kappa shape index (κ1) is 17.4. The first-order valence-electron chi connectivity index (χ1n) is 10.3. The molecule has 4 aliphatic carbocycles. The number of hydrogen-bond acceptors (Lipinski definition) is 3. The van der Waals surface area contributed by atoms with Crippen LogP contribution in [0.4, 0.5) is 0 Å². The van der Waals surface area contributed by atoms with Gasteiger partial charge in [0.2, 0.25) is 5.78 Å². The van der Waals surface area contributed by atoms with Gasteiger partial charge in [-0.25, -0.2) is 0 Å². The molecule has 0 spiro atoms. The molecule has 4 heteroatoms. The average Bonchev–Trinajstić information content (AvgIpc) is 2.67. The summed E-state index contributed by atoms with van der Waals surface area (Å²) in [6.07, 6.45) is 6.80. The summed E-state index contributed by atoms with van der Waals surface area (Å²) < 4.78 is 0. The number of ketones is 1. The topological polar surface area (TPSA) is 70.0 Å². The normalized spacial score (nSPS) is 31.3. The quantitative estimate of drug-likeness (QED) is 0.822. The summed E-state index contributed by atoms with van der Waals surface area (Å²) in [6, 6.07) is 15.3. The van der Waals surface area contributed by atoms with Gasteiger partial charge in [0.25, 0.3) is 5.91 Å². The molecule has 0 heterocycles. The molecule has 28 heavy (non-hydrogen) atoms. The van der Waals surface area contributed by atoms with Crippen LogP contribution in [0.15, 0.2) is 42.5 Å². The minimum absolute atomic E-state index is 0.222. The van der Waals surface area contributed by atoms with Crippen LogP contribution in [0.5, 0.6) is 0 Å². The van der Waals surface area contributed by atoms with Gasteiger partial charge in [0.05, 0.1) is 6.07 Å². The van der Waals surface area contributed by atoms with Crippen molar-refractivity contribution in [1.82, 2.24) is 5.32 Å². The molecule has 2 aromatic rings. The van der Waals surface area contributed by atoms with Gasteiger partial charge in [-0.15, -0.1) is 0 Å². The molecule has 4 fully saturated rings. The molecule has 4 aliphatic rings. The third kappa shape index (κ3) is 2.81. The van der Waals surface area contributed by atoms with E-state index >= 15 is 0 Å². The van der Waals surface area contributed by atoms with Gasteiger partial charge in [-0.2, -0.15) is 5.26 Å². The van der Waals surface area contributed by atoms with Crippen LogP contribution in [0.1, 0.15) is 50.0 Å². The number of nitriles is 1. The Morgan fingerprint density at radius 2 is 1.57 bits per heavy atom. The monoisotopic (exact) mass is 372 g/mol. The highest BCUT2D eigenvalue weighted by atomic mass is 16.2. The zero-order valence-corrected chi connectivity index (χ0v) is 15.9. The molecule has 1 N–H and O–H groups in total. The van der Waals surface area contributed by atoms with E-state index < -0.39 is 17.6 Å². The fourth-order valence-corrected chi connectivity index (χ4v) is 6.47. The van der Waals surface area contributed by atoms with Crippen molar-refractivity contribution in [1.29, 1.82) is 5.26 Å². The van der Waals surface area contributed by atoms with Crippen molar-refractivity contribution in [3.63, 3.8) is 0 Å². The van der Waals surface area contributed by atoms with Gasteiger partial charge in [-0.05, 0) is 72.6 Å². The molecular weight excluding hydrogens is 348 g/mol. The SMILES string of the molecule is N#C[C@@H](C(=O)C(=O)NC12CC3CC(CC(C3)C1)C2)c1cccc2ccccc12. The number of hydrogen-bond donors (Lipinski definition) is 1. The van der Waals surface area contributed by atoms with E-state index in [1.54, 1.807) is 6.07 Å². The first-order chi connectivity index (χ1) is 13.6. The molecule has 0 aromatic heterocycles. The van der Waals surface area contributed by atoms with Crippen molar-refractivity contribution in [3.05, 3.63) is 48.0 Å². The van der Waals surface area contributed by atoms with Gasteiger partial charge < -0.3 is 5.32 Å². The molecule has 1 amide bonds. The Morgan fingerprint density at radius 1 is 0.964 bits per heavy atom. The summed E-state index contributed by atoms with van der Waals surface area (Å²) in [5.74, 6) is -0.222. The van der Waals surface area contributed by atoms with E-state index in [-0.39, 0.29) is 5.54 Å². The second-order valence-electron chi connectivity index (χ2n) is 9.15. The van der Waals surface area contributed by atoms with Crippen LogP contribution in [-0.2, 0) is 9.59 Å². The molecule has 2 aromatic carbocycles. The van der Waals surface area contributed by atoms with Crippen LogP contribution >= 0.6 is 0 Å². The smallest absolute Gasteiger partial charge is 0.289 e. The Hall–Kier alpha value is -2.67. The Morgan fingerprint density at radius 3 is 2.21 bits per heavy atom. The summed E-state index contributed by atoms with van der Waals surface area (Å²) >= 11 is 0. The largest absolute Gasteiger partial charge is 0.344 e. The van der Waals surface area contributed by atoms with Gasteiger partial charge in [0.15, 0.2) is 0 Å². The van der Waals surface area contributed by atoms with Gasteiger partial charge in [-0.1, -0.05) is 42.5 Å². The van der Waals surface area contributed by atoms with Crippen molar-refractivity contribution >= 4 is 22.5 Å². The van der Waals surface area contributed by atoms with Crippen LogP contribution < -0.4 is 5.32 Å². The van der Waals surface area contributed by atoms with Crippen molar-refractivity contribution in [2.24, 2.45) is 17.8 Å². The zero-order chi connectivity index (χ0) is 19.3. The highest BCUT2D eigenvalue weighted by Gasteiger charge is 2.52. The van der Waals surface area contributed by atoms with E-state index in [0.717, 1.165) is 30.0 Å². The van der Waals surface area contributed by atoms with Gasteiger partial charge in [0.1, 0.15) is 5.92 Å². The zero-order valence-electron chi connectivity index (χ0n) is 15.9. The Balaban J connectivity index is 1.40. The van der Waals surface area contributed by atoms with E-state index in [1.165, 1.54) is 19.3 Å². The summed E-state index contributed by atoms with van der Waals surface area (Å²) in [5.41, 5.74) is 0.395. The number of fused-ring (bicyclic) bond motifs is 1. The molecule has 4 bridgehead atoms. The van der Waals surface area contributed by atoms with Crippen molar-refractivity contribution in [2.75, 3.05) is 0 Å². The van der Waals surface area contributed by atoms with E-state index in [2.05, 4.69) is 11.4 Å². The maximum Gasteiger partial charge on any atom is 0.289 e. The summed E-state index contributed by atoms with van der Waals surface area (Å²) in [7, 11) is 0. The number of nitrogens with one attached hydrogen (secondary N) is 1. The maximum atomic E-state index is 13.0. The highest BCUT2D eigenvalue weighted by Crippen LogP contribution is 2.55. The Bertz CT molecular complexity index is 963. The fourth-order valence-electron chi connectivity index (χ4n) is 6.47. The predicted molar refractivity (Wildman–Crippen MR) is 106 cm³/mol. The lowest BCUT2D eigenvalue weighted by molar-refractivity contribution is -0.141. The molecule has 6 rings (SSSR count). The molecule has 1 atom stereocenters. The van der Waals surface area contributed by atoms with Crippen LogP contribution in [-0.4, -0.2) is 17.2 Å². The fraction of sp³-hybridized carbons (Fsp3) is 0.458. The van der Waals surface area contributed by atoms with E-state index in [9.17, 15) is 14.9 Å². The second-order valence-corrected chi connectivity index (χ2v) is 9.15. The standard InChI is InChI=1S/C24H24N2O2/c25-14-21(20-7-3-5-18-4-1-2-6-19(18)20)22(27)23(28)26-24-11-15-8-16(12-24)10-17(9-15)13-24/h1-7,15-17,21H,8-13H2,(H,26,28)/t15?,16?,17?,21-,24?/m1/s1. The van der Waals surface area contributed by atoms with Crippen molar-refractivity contribution in [2.45, 2.75) is 50.0 Å². The number of carbonyl (C=O) groups is 2. The molecule has 0 aliphatic heterocycles. The maximum absolute atomic E-state index is 13.0. The lowest BCUT2D eigenvalue weighted by Crippen LogP contribution is -2.61. The average molecular weight is 372 g/mol. The molecule has 4 saturated carbocycles. The van der Waals surface area contributed by atoms with Crippen LogP contribution in [0, 0.1) is 29.1 Å². The predicted octanol–water partition coefficient (Wildman–Crippen LogP) is 4.10. The number of rotatable bonds is 4. The highest BCUT2D eigenvalue weighted by molar-refractivity contribution is 6.39. The Kier molecular flexibility index (Phi) is 4.01. The molecule has 4 nitrogen and oxygen atoms in total. The van der Waals surface area contributed by atoms with Crippen LogP contribution in [0.2, 0.25) is 0 Å². The van der Waals surface area contributed by atoms with E-state index in [0.29, 0.717) is 23.3 Å². The number of nitrogens with zero attached hydrogens (tertiary/aromatic N) is 1. The number of benzene rings is 2. The minimum Gasteiger partial charge on any atom is -0.344 e. The Labute approximate surface area is 164 Å². The van der Waals surface area contributed by atoms with Crippen LogP contribution in [0.3, 0.4) is 0 Å².